The molecular formula is C24H26N2O2S. The number of aryl methyl sites for hydroxylation is 1. The van der Waals surface area contributed by atoms with Crippen molar-refractivity contribution in [2.75, 3.05) is 13.1 Å². The lowest BCUT2D eigenvalue weighted by Gasteiger charge is -2.39. The first-order valence-electron chi connectivity index (χ1n) is 10.4. The zero-order valence-electron chi connectivity index (χ0n) is 16.9. The van der Waals surface area contributed by atoms with Gasteiger partial charge >= 0.3 is 0 Å². The van der Waals surface area contributed by atoms with Crippen molar-refractivity contribution in [3.05, 3.63) is 77.0 Å². The molecule has 150 valence electrons. The number of nitrogens with zero attached hydrogens (tertiary/aromatic N) is 2. The lowest BCUT2D eigenvalue weighted by atomic mass is 9.91. The van der Waals surface area contributed by atoms with Crippen LogP contribution in [-0.4, -0.2) is 30.4 Å². The van der Waals surface area contributed by atoms with E-state index in [9.17, 15) is 8.42 Å². The molecule has 5 heteroatoms. The molecule has 3 aromatic rings. The number of para-hydroxylation sites is 1. The summed E-state index contributed by atoms with van der Waals surface area (Å²) in [4.78, 5) is 2.81. The first kappa shape index (κ1) is 18.6. The predicted molar refractivity (Wildman–Crippen MR) is 117 cm³/mol. The smallest absolute Gasteiger partial charge is 0.268 e. The summed E-state index contributed by atoms with van der Waals surface area (Å²) in [6, 6.07) is 15.3. The number of rotatable bonds is 3. The van der Waals surface area contributed by atoms with Gasteiger partial charge < -0.3 is 0 Å². The fourth-order valence-corrected chi connectivity index (χ4v) is 6.46. The summed E-state index contributed by atoms with van der Waals surface area (Å²) in [6.07, 6.45) is 5.13. The molecule has 0 radical (unpaired) electrons. The third-order valence-corrected chi connectivity index (χ3v) is 8.17. The Labute approximate surface area is 172 Å². The van der Waals surface area contributed by atoms with Gasteiger partial charge in [-0.15, -0.1) is 0 Å². The van der Waals surface area contributed by atoms with E-state index in [0.717, 1.165) is 54.5 Å². The fourth-order valence-electron chi connectivity index (χ4n) is 4.86. The first-order chi connectivity index (χ1) is 14.0. The highest BCUT2D eigenvalue weighted by Gasteiger charge is 2.37. The number of aromatic nitrogens is 1. The first-order valence-corrected chi connectivity index (χ1v) is 11.8. The molecule has 2 aromatic carbocycles. The summed E-state index contributed by atoms with van der Waals surface area (Å²) in [6.45, 7) is 6.08. The van der Waals surface area contributed by atoms with Crippen LogP contribution in [0.2, 0.25) is 0 Å². The lowest BCUT2D eigenvalue weighted by Crippen LogP contribution is -2.40. The number of hydrogen-bond acceptors (Lipinski definition) is 3. The molecule has 0 N–H and O–H groups in total. The normalized spacial score (nSPS) is 19.7. The Morgan fingerprint density at radius 3 is 2.59 bits per heavy atom. The van der Waals surface area contributed by atoms with Gasteiger partial charge in [0, 0.05) is 18.5 Å². The Hall–Kier alpha value is -2.37. The molecule has 0 saturated heterocycles. The van der Waals surface area contributed by atoms with Crippen molar-refractivity contribution < 1.29 is 8.42 Å². The molecule has 1 atom stereocenters. The molecule has 29 heavy (non-hydrogen) atoms. The van der Waals surface area contributed by atoms with Crippen LogP contribution in [0.1, 0.15) is 42.6 Å². The van der Waals surface area contributed by atoms with E-state index in [1.165, 1.54) is 11.1 Å². The third kappa shape index (κ3) is 2.87. The Kier molecular flexibility index (Phi) is 4.41. The Morgan fingerprint density at radius 1 is 1.07 bits per heavy atom. The maximum absolute atomic E-state index is 13.8. The highest BCUT2D eigenvalue weighted by molar-refractivity contribution is 7.90. The minimum atomic E-state index is -3.68. The molecule has 2 aliphatic heterocycles. The van der Waals surface area contributed by atoms with Crippen molar-refractivity contribution in [1.82, 2.24) is 8.87 Å². The van der Waals surface area contributed by atoms with Crippen molar-refractivity contribution >= 4 is 20.9 Å². The third-order valence-electron chi connectivity index (χ3n) is 6.43. The van der Waals surface area contributed by atoms with Gasteiger partial charge in [-0.2, -0.15) is 0 Å². The van der Waals surface area contributed by atoms with Gasteiger partial charge in [-0.3, -0.25) is 4.90 Å². The van der Waals surface area contributed by atoms with Crippen LogP contribution in [0.25, 0.3) is 10.9 Å². The van der Waals surface area contributed by atoms with E-state index in [-0.39, 0.29) is 6.04 Å². The molecule has 0 aliphatic carbocycles. The summed E-state index contributed by atoms with van der Waals surface area (Å²) >= 11 is 0. The van der Waals surface area contributed by atoms with Gasteiger partial charge in [0.25, 0.3) is 10.0 Å². The van der Waals surface area contributed by atoms with E-state index in [1.807, 2.05) is 37.3 Å². The van der Waals surface area contributed by atoms with Crippen molar-refractivity contribution in [2.45, 2.75) is 44.0 Å². The molecule has 3 heterocycles. The second-order valence-electron chi connectivity index (χ2n) is 8.15. The van der Waals surface area contributed by atoms with Gasteiger partial charge in [0.15, 0.2) is 0 Å². The molecule has 0 spiro atoms. The minimum absolute atomic E-state index is 0.113. The van der Waals surface area contributed by atoms with E-state index in [2.05, 4.69) is 24.0 Å². The summed E-state index contributed by atoms with van der Waals surface area (Å²) in [5.74, 6) is 0. The van der Waals surface area contributed by atoms with Gasteiger partial charge in [0.1, 0.15) is 0 Å². The van der Waals surface area contributed by atoms with Crippen LogP contribution in [0.15, 0.2) is 65.1 Å². The van der Waals surface area contributed by atoms with Crippen LogP contribution in [0.5, 0.6) is 0 Å². The molecule has 4 nitrogen and oxygen atoms in total. The van der Waals surface area contributed by atoms with Gasteiger partial charge in [0.2, 0.25) is 0 Å². The van der Waals surface area contributed by atoms with Crippen LogP contribution in [-0.2, 0) is 16.4 Å². The Bertz CT molecular complexity index is 1220. The van der Waals surface area contributed by atoms with Crippen molar-refractivity contribution in [3.8, 4) is 0 Å². The van der Waals surface area contributed by atoms with E-state index in [4.69, 9.17) is 0 Å². The van der Waals surface area contributed by atoms with Gasteiger partial charge in [-0.05, 0) is 49.9 Å². The molecule has 1 unspecified atom stereocenters. The molecule has 2 aliphatic rings. The number of hydrogen-bond donors (Lipinski definition) is 0. The standard InChI is InChI=1S/C24H26N2O2S/c1-3-18-10-13-23-24-21(14-15-25(23)16-18)20-6-4-5-7-22(20)26(24)29(27,28)19-11-8-17(2)9-12-19/h4-12,23H,3,13-16H2,1-2H3. The fraction of sp³-hybridized carbons (Fsp3) is 0.333. The SMILES string of the molecule is CCC1=CCC2c3c(c4ccccc4n3S(=O)(=O)c3ccc(C)cc3)CCN2C1. The van der Waals surface area contributed by atoms with Gasteiger partial charge in [-0.1, -0.05) is 54.5 Å². The zero-order chi connectivity index (χ0) is 20.2. The highest BCUT2D eigenvalue weighted by atomic mass is 32.2. The monoisotopic (exact) mass is 406 g/mol. The molecule has 1 aromatic heterocycles. The van der Waals surface area contributed by atoms with Gasteiger partial charge in [-0.25, -0.2) is 12.4 Å². The van der Waals surface area contributed by atoms with Crippen LogP contribution in [0.4, 0.5) is 0 Å². The summed E-state index contributed by atoms with van der Waals surface area (Å²) in [5.41, 5.74) is 5.47. The predicted octanol–water partition coefficient (Wildman–Crippen LogP) is 4.83. The molecule has 5 rings (SSSR count). The summed E-state index contributed by atoms with van der Waals surface area (Å²) in [5, 5.41) is 1.07. The molecular weight excluding hydrogens is 380 g/mol. The van der Waals surface area contributed by atoms with Crippen LogP contribution >= 0.6 is 0 Å². The van der Waals surface area contributed by atoms with Gasteiger partial charge in [0.05, 0.1) is 22.1 Å². The van der Waals surface area contributed by atoms with Crippen molar-refractivity contribution in [1.29, 1.82) is 0 Å². The van der Waals surface area contributed by atoms with E-state index in [1.54, 1.807) is 16.1 Å². The van der Waals surface area contributed by atoms with E-state index < -0.39 is 10.0 Å². The zero-order valence-corrected chi connectivity index (χ0v) is 17.7. The largest absolute Gasteiger partial charge is 0.290 e. The van der Waals surface area contributed by atoms with Crippen LogP contribution in [0.3, 0.4) is 0 Å². The average molecular weight is 407 g/mol. The lowest BCUT2D eigenvalue weighted by molar-refractivity contribution is 0.186. The Balaban J connectivity index is 1.77. The van der Waals surface area contributed by atoms with Crippen LogP contribution < -0.4 is 0 Å². The maximum Gasteiger partial charge on any atom is 0.268 e. The van der Waals surface area contributed by atoms with E-state index in [0.29, 0.717) is 4.90 Å². The van der Waals surface area contributed by atoms with Crippen molar-refractivity contribution in [2.24, 2.45) is 0 Å². The maximum atomic E-state index is 13.8. The number of benzene rings is 2. The second kappa shape index (κ2) is 6.85. The molecule has 0 saturated carbocycles. The molecule has 0 fully saturated rings. The van der Waals surface area contributed by atoms with E-state index >= 15 is 0 Å². The second-order valence-corrected chi connectivity index (χ2v) is 9.94. The average Bonchev–Trinajstić information content (AvgIpc) is 3.09. The molecule has 0 amide bonds. The topological polar surface area (TPSA) is 42.3 Å². The Morgan fingerprint density at radius 2 is 1.83 bits per heavy atom. The van der Waals surface area contributed by atoms with Crippen LogP contribution in [0, 0.1) is 6.92 Å². The summed E-state index contributed by atoms with van der Waals surface area (Å²) in [7, 11) is -3.68. The number of fused-ring (bicyclic) bond motifs is 5. The minimum Gasteiger partial charge on any atom is -0.290 e. The molecule has 0 bridgehead atoms. The highest BCUT2D eigenvalue weighted by Crippen LogP contribution is 2.42. The summed E-state index contributed by atoms with van der Waals surface area (Å²) < 4.78 is 29.3. The quantitative estimate of drug-likeness (QED) is 0.585. The van der Waals surface area contributed by atoms with Crippen molar-refractivity contribution in [3.63, 3.8) is 0 Å².